The fourth-order valence-electron chi connectivity index (χ4n) is 5.48. The molecule has 2 aromatic carbocycles. The van der Waals surface area contributed by atoms with Crippen LogP contribution >= 0.6 is 23.7 Å². The molecule has 1 fully saturated rings. The van der Waals surface area contributed by atoms with Crippen molar-refractivity contribution >= 4 is 55.7 Å². The number of halogens is 4. The van der Waals surface area contributed by atoms with Crippen LogP contribution in [0.3, 0.4) is 0 Å². The fourth-order valence-corrected chi connectivity index (χ4v) is 7.48. The molecule has 1 saturated carbocycles. The third kappa shape index (κ3) is 7.87. The molecule has 45 heavy (non-hydrogen) atoms. The van der Waals surface area contributed by atoms with Crippen molar-refractivity contribution < 1.29 is 26.7 Å². The summed E-state index contributed by atoms with van der Waals surface area (Å²) in [7, 11) is 2.92. The minimum atomic E-state index is -4.33. The van der Waals surface area contributed by atoms with E-state index in [1.807, 2.05) is 35.2 Å². The number of rotatable bonds is 10. The zero-order valence-corrected chi connectivity index (χ0v) is 27.6. The Morgan fingerprint density at radius 1 is 1.02 bits per heavy atom. The van der Waals surface area contributed by atoms with Crippen LogP contribution in [0.25, 0.3) is 21.3 Å². The number of sulfonamides is 1. The van der Waals surface area contributed by atoms with Crippen LogP contribution in [-0.2, 0) is 23.0 Å². The van der Waals surface area contributed by atoms with Gasteiger partial charge in [0, 0.05) is 45.7 Å². The van der Waals surface area contributed by atoms with Crippen molar-refractivity contribution in [1.29, 1.82) is 0 Å². The monoisotopic (exact) mass is 684 g/mol. The Hall–Kier alpha value is -3.01. The molecule has 0 amide bonds. The second-order valence-corrected chi connectivity index (χ2v) is 14.4. The number of aliphatic hydroxyl groups excluding tert-OH is 1. The number of anilines is 2. The first-order valence-corrected chi connectivity index (χ1v) is 16.3. The van der Waals surface area contributed by atoms with Gasteiger partial charge in [-0.3, -0.25) is 0 Å². The molecule has 9 nitrogen and oxygen atoms in total. The molecule has 0 bridgehead atoms. The molecule has 0 radical (unpaired) electrons. The molecule has 4 aromatic rings. The topological polar surface area (TPSA) is 111 Å². The number of alkyl halides is 3. The Morgan fingerprint density at radius 3 is 2.38 bits per heavy atom. The van der Waals surface area contributed by atoms with E-state index in [0.29, 0.717) is 41.4 Å². The number of hydrogen-bond acceptors (Lipinski definition) is 9. The molecule has 5 rings (SSSR count). The summed E-state index contributed by atoms with van der Waals surface area (Å²) < 4.78 is 65.5. The van der Waals surface area contributed by atoms with Crippen molar-refractivity contribution in [2.24, 2.45) is 0 Å². The van der Waals surface area contributed by atoms with E-state index in [1.54, 1.807) is 32.3 Å². The molecule has 3 atom stereocenters. The Morgan fingerprint density at radius 2 is 1.73 bits per heavy atom. The summed E-state index contributed by atoms with van der Waals surface area (Å²) in [6.07, 6.45) is -4.90. The number of aromatic nitrogens is 2. The summed E-state index contributed by atoms with van der Waals surface area (Å²) in [5.41, 5.74) is 2.73. The zero-order chi connectivity index (χ0) is 31.8. The summed E-state index contributed by atoms with van der Waals surface area (Å²) >= 11 is 0.996. The number of nitrogens with one attached hydrogen (secondary N) is 2. The third-order valence-electron chi connectivity index (χ3n) is 7.84. The first kappa shape index (κ1) is 34.9. The predicted octanol–water partition coefficient (Wildman–Crippen LogP) is 5.29. The molecular weight excluding hydrogens is 649 g/mol. The van der Waals surface area contributed by atoms with Crippen molar-refractivity contribution in [1.82, 2.24) is 19.6 Å². The van der Waals surface area contributed by atoms with Crippen molar-refractivity contribution in [3.63, 3.8) is 0 Å². The fraction of sp³-hybridized carbons (Fsp3) is 0.400. The smallest absolute Gasteiger partial charge is 0.391 e. The van der Waals surface area contributed by atoms with E-state index in [9.17, 15) is 26.7 Å². The molecule has 2 aromatic heterocycles. The van der Waals surface area contributed by atoms with Gasteiger partial charge in [-0.15, -0.1) is 23.7 Å². The average molecular weight is 685 g/mol. The lowest BCUT2D eigenvalue weighted by Crippen LogP contribution is -2.38. The number of hydrogen-bond donors (Lipinski definition) is 3. The summed E-state index contributed by atoms with van der Waals surface area (Å²) in [5, 5.41) is 17.9. The van der Waals surface area contributed by atoms with E-state index in [1.165, 1.54) is 24.5 Å². The molecule has 15 heteroatoms. The van der Waals surface area contributed by atoms with Gasteiger partial charge in [0.15, 0.2) is 0 Å². The molecular formula is C30H36ClF3N6O3S2. The number of fused-ring (bicyclic) bond motifs is 1. The van der Waals surface area contributed by atoms with Gasteiger partial charge >= 0.3 is 6.18 Å². The number of nitrogens with zero attached hydrogens (tertiary/aromatic N) is 4. The maximum atomic E-state index is 13.1. The SMILES string of the molecule is CNc1nc(N(C)[C@H]2C[C@@H](NCc3ccc(-c4cccc(S(=O)(=O)N(C)C)c4)cc3)C[C@H]2O)c2cc(CC(F)(F)F)sc2n1.Cl. The summed E-state index contributed by atoms with van der Waals surface area (Å²) in [4.78, 5) is 11.6. The molecule has 1 aliphatic rings. The highest BCUT2D eigenvalue weighted by molar-refractivity contribution is 7.89. The van der Waals surface area contributed by atoms with Gasteiger partial charge in [-0.1, -0.05) is 36.4 Å². The molecule has 0 unspecified atom stereocenters. The number of benzene rings is 2. The minimum absolute atomic E-state index is 0. The van der Waals surface area contributed by atoms with Crippen LogP contribution in [0.5, 0.6) is 0 Å². The van der Waals surface area contributed by atoms with Crippen LogP contribution in [-0.4, -0.2) is 80.4 Å². The lowest BCUT2D eigenvalue weighted by molar-refractivity contribution is -0.126. The summed E-state index contributed by atoms with van der Waals surface area (Å²) in [6.45, 7) is 0.566. The summed E-state index contributed by atoms with van der Waals surface area (Å²) in [6, 6.07) is 15.9. The number of likely N-dealkylation sites (N-methyl/N-ethyl adjacent to an activating group) is 1. The Balaban J connectivity index is 0.00000461. The highest BCUT2D eigenvalue weighted by Gasteiger charge is 2.37. The highest BCUT2D eigenvalue weighted by atomic mass is 35.5. The largest absolute Gasteiger partial charge is 0.393 e. The third-order valence-corrected chi connectivity index (χ3v) is 10.7. The van der Waals surface area contributed by atoms with Gasteiger partial charge < -0.3 is 20.6 Å². The van der Waals surface area contributed by atoms with E-state index >= 15 is 0 Å². The van der Waals surface area contributed by atoms with Gasteiger partial charge in [0.25, 0.3) is 0 Å². The van der Waals surface area contributed by atoms with Gasteiger partial charge in [0.2, 0.25) is 16.0 Å². The number of aliphatic hydroxyl groups is 1. The van der Waals surface area contributed by atoms with Crippen LogP contribution < -0.4 is 15.5 Å². The van der Waals surface area contributed by atoms with Crippen molar-refractivity contribution in [3.05, 3.63) is 65.0 Å². The average Bonchev–Trinajstić information content (AvgIpc) is 3.56. The highest BCUT2D eigenvalue weighted by Crippen LogP contribution is 2.37. The van der Waals surface area contributed by atoms with Crippen LogP contribution in [0.15, 0.2) is 59.5 Å². The molecule has 0 saturated heterocycles. The van der Waals surface area contributed by atoms with E-state index in [0.717, 1.165) is 28.0 Å². The lowest BCUT2D eigenvalue weighted by atomic mass is 10.0. The van der Waals surface area contributed by atoms with Crippen LogP contribution in [0.2, 0.25) is 0 Å². The van der Waals surface area contributed by atoms with Crippen LogP contribution in [0.4, 0.5) is 24.9 Å². The van der Waals surface area contributed by atoms with Gasteiger partial charge in [-0.25, -0.2) is 17.7 Å². The van der Waals surface area contributed by atoms with Gasteiger partial charge in [-0.05, 0) is 47.7 Å². The molecule has 0 aliphatic heterocycles. The standard InChI is InChI=1S/C30H35F3N6O3S2.ClH/c1-34-29-36-27(24-15-22(16-30(31,32)33)43-28(24)37-29)39(4)25-13-21(14-26(25)40)35-17-18-8-10-19(11-9-18)20-6-5-7-23(12-20)44(41,42)38(2)3;/h5-12,15,21,25-26,35,40H,13-14,16-17H2,1-4H3,(H,34,36,37);1H/t21-,25+,26-;/m1./s1. The van der Waals surface area contributed by atoms with Gasteiger partial charge in [0.05, 0.1) is 28.8 Å². The van der Waals surface area contributed by atoms with Crippen LogP contribution in [0.1, 0.15) is 23.3 Å². The first-order chi connectivity index (χ1) is 20.7. The maximum absolute atomic E-state index is 13.1. The normalized spacial score (nSPS) is 18.7. The van der Waals surface area contributed by atoms with E-state index < -0.39 is 28.7 Å². The van der Waals surface area contributed by atoms with Gasteiger partial charge in [0.1, 0.15) is 10.6 Å². The van der Waals surface area contributed by atoms with E-state index in [-0.39, 0.29) is 34.3 Å². The van der Waals surface area contributed by atoms with Crippen molar-refractivity contribution in [2.75, 3.05) is 38.4 Å². The van der Waals surface area contributed by atoms with Crippen molar-refractivity contribution in [2.45, 2.75) is 55.1 Å². The van der Waals surface area contributed by atoms with E-state index in [4.69, 9.17) is 0 Å². The van der Waals surface area contributed by atoms with E-state index in [2.05, 4.69) is 20.6 Å². The molecule has 2 heterocycles. The van der Waals surface area contributed by atoms with Gasteiger partial charge in [-0.2, -0.15) is 18.2 Å². The molecule has 244 valence electrons. The van der Waals surface area contributed by atoms with Crippen molar-refractivity contribution in [3.8, 4) is 11.1 Å². The van der Waals surface area contributed by atoms with Crippen LogP contribution in [0, 0.1) is 0 Å². The Bertz CT molecular complexity index is 1740. The second-order valence-electron chi connectivity index (χ2n) is 11.2. The Labute approximate surface area is 271 Å². The maximum Gasteiger partial charge on any atom is 0.393 e. The first-order valence-electron chi connectivity index (χ1n) is 14.1. The minimum Gasteiger partial charge on any atom is -0.391 e. The zero-order valence-electron chi connectivity index (χ0n) is 25.2. The Kier molecular flexibility index (Phi) is 10.7. The summed E-state index contributed by atoms with van der Waals surface area (Å²) in [5.74, 6) is 0.781. The quantitative estimate of drug-likeness (QED) is 0.207. The lowest BCUT2D eigenvalue weighted by Gasteiger charge is -2.29. The second kappa shape index (κ2) is 13.8. The molecule has 0 spiro atoms. The molecule has 1 aliphatic carbocycles. The predicted molar refractivity (Wildman–Crippen MR) is 175 cm³/mol. The number of thiophene rings is 1. The molecule has 3 N–H and O–H groups in total.